The van der Waals surface area contributed by atoms with Gasteiger partial charge in [0.25, 0.3) is 0 Å². The van der Waals surface area contributed by atoms with Crippen LogP contribution < -0.4 is 4.74 Å². The van der Waals surface area contributed by atoms with E-state index in [4.69, 9.17) is 33.2 Å². The highest BCUT2D eigenvalue weighted by atomic mass is 16.6. The summed E-state index contributed by atoms with van der Waals surface area (Å²) in [6.07, 6.45) is 9.32. The van der Waals surface area contributed by atoms with Crippen LogP contribution >= 0.6 is 0 Å². The summed E-state index contributed by atoms with van der Waals surface area (Å²) in [7, 11) is 1.69. The van der Waals surface area contributed by atoms with Crippen molar-refractivity contribution in [1.29, 1.82) is 0 Å². The molecular formula is C44H68O8. The van der Waals surface area contributed by atoms with E-state index in [1.54, 1.807) is 7.11 Å². The molecule has 4 fully saturated rings. The number of benzene rings is 1. The van der Waals surface area contributed by atoms with Crippen LogP contribution in [-0.2, 0) is 39.8 Å². The van der Waals surface area contributed by atoms with Gasteiger partial charge in [-0.25, -0.2) is 0 Å². The van der Waals surface area contributed by atoms with Crippen LogP contribution in [0.4, 0.5) is 0 Å². The number of methoxy groups -OCH3 is 1. The molecule has 8 nitrogen and oxygen atoms in total. The van der Waals surface area contributed by atoms with E-state index < -0.39 is 5.41 Å². The Kier molecular flexibility index (Phi) is 14.5. The van der Waals surface area contributed by atoms with Gasteiger partial charge in [0, 0.05) is 12.3 Å². The zero-order valence-electron chi connectivity index (χ0n) is 33.4. The molecule has 4 aliphatic heterocycles. The van der Waals surface area contributed by atoms with Crippen LogP contribution in [0.1, 0.15) is 118 Å². The fourth-order valence-electron chi connectivity index (χ4n) is 8.61. The fourth-order valence-corrected chi connectivity index (χ4v) is 8.61. The van der Waals surface area contributed by atoms with Crippen LogP contribution in [0.25, 0.3) is 0 Å². The predicted octanol–water partition coefficient (Wildman–Crippen LogP) is 9.18. The molecule has 4 heterocycles. The molecule has 4 aliphatic rings. The maximum atomic E-state index is 12.1. The predicted molar refractivity (Wildman–Crippen MR) is 204 cm³/mol. The number of ether oxygens (including phenoxy) is 7. The van der Waals surface area contributed by atoms with Crippen molar-refractivity contribution >= 4 is 5.97 Å². The minimum absolute atomic E-state index is 0.00820. The molecule has 1 aromatic carbocycles. The van der Waals surface area contributed by atoms with E-state index >= 15 is 0 Å². The van der Waals surface area contributed by atoms with Crippen LogP contribution in [0, 0.1) is 23.2 Å². The second-order valence-corrected chi connectivity index (χ2v) is 17.2. The number of carbonyl (C=O) groups is 1. The fraction of sp³-hybridized carbons (Fsp3) is 0.750. The smallest absolute Gasteiger partial charge is 0.311 e. The molecular weight excluding hydrogens is 656 g/mol. The SMILES string of the molecule is C=C1C[C@H](CCCOC(=O)C(C)(C)C)OC1CC[C@H]1C[C@@H](C)C(=C)C(C[C@@H]2OC3C[C@@H](C)[C@@H](CCC)O[C@H]3[C@H](C)[C@H]2OCc2ccc(OC)cc2)O1. The molecule has 8 heteroatoms. The quantitative estimate of drug-likeness (QED) is 0.101. The number of fused-ring (bicyclic) bond motifs is 1. The summed E-state index contributed by atoms with van der Waals surface area (Å²) in [5.74, 6) is 1.65. The van der Waals surface area contributed by atoms with Crippen LogP contribution in [0.5, 0.6) is 5.75 Å². The first kappa shape index (κ1) is 40.9. The van der Waals surface area contributed by atoms with Crippen LogP contribution in [0.15, 0.2) is 48.6 Å². The minimum Gasteiger partial charge on any atom is -0.497 e. The third-order valence-electron chi connectivity index (χ3n) is 11.9. The number of rotatable bonds is 15. The number of esters is 1. The zero-order chi connectivity index (χ0) is 37.6. The van der Waals surface area contributed by atoms with Crippen molar-refractivity contribution in [2.75, 3.05) is 13.7 Å². The maximum Gasteiger partial charge on any atom is 0.311 e. The largest absolute Gasteiger partial charge is 0.497 e. The van der Waals surface area contributed by atoms with Crippen molar-refractivity contribution in [3.05, 3.63) is 54.1 Å². The van der Waals surface area contributed by atoms with E-state index in [1.165, 1.54) is 0 Å². The molecule has 0 aromatic heterocycles. The van der Waals surface area contributed by atoms with Gasteiger partial charge in [-0.3, -0.25) is 4.79 Å². The molecule has 12 atom stereocenters. The van der Waals surface area contributed by atoms with Gasteiger partial charge >= 0.3 is 5.97 Å². The van der Waals surface area contributed by atoms with Gasteiger partial charge in [-0.2, -0.15) is 0 Å². The third-order valence-corrected chi connectivity index (χ3v) is 11.9. The lowest BCUT2D eigenvalue weighted by atomic mass is 9.78. The number of hydrogen-bond acceptors (Lipinski definition) is 8. The molecule has 52 heavy (non-hydrogen) atoms. The van der Waals surface area contributed by atoms with E-state index in [2.05, 4.69) is 53.0 Å². The Hall–Kier alpha value is -2.23. The Morgan fingerprint density at radius 1 is 0.885 bits per heavy atom. The maximum absolute atomic E-state index is 12.1. The molecule has 1 aromatic rings. The summed E-state index contributed by atoms with van der Waals surface area (Å²) in [4.78, 5) is 12.1. The van der Waals surface area contributed by atoms with Crippen molar-refractivity contribution in [2.45, 2.75) is 174 Å². The number of hydrogen-bond donors (Lipinski definition) is 0. The first-order valence-electron chi connectivity index (χ1n) is 20.2. The first-order valence-corrected chi connectivity index (χ1v) is 20.2. The van der Waals surface area contributed by atoms with Gasteiger partial charge in [-0.15, -0.1) is 0 Å². The Morgan fingerprint density at radius 2 is 1.62 bits per heavy atom. The second kappa shape index (κ2) is 18.4. The molecule has 5 rings (SSSR count). The van der Waals surface area contributed by atoms with Crippen molar-refractivity contribution in [2.24, 2.45) is 23.2 Å². The van der Waals surface area contributed by atoms with E-state index in [-0.39, 0.29) is 66.8 Å². The molecule has 4 saturated heterocycles. The van der Waals surface area contributed by atoms with Crippen molar-refractivity contribution in [3.8, 4) is 5.75 Å². The van der Waals surface area contributed by atoms with Crippen molar-refractivity contribution in [1.82, 2.24) is 0 Å². The van der Waals surface area contributed by atoms with Gasteiger partial charge in [-0.1, -0.05) is 59.4 Å². The Balaban J connectivity index is 1.19. The molecule has 0 bridgehead atoms. The lowest BCUT2D eigenvalue weighted by Gasteiger charge is -2.51. The first-order chi connectivity index (χ1) is 24.8. The van der Waals surface area contributed by atoms with E-state index in [0.717, 1.165) is 80.2 Å². The van der Waals surface area contributed by atoms with Gasteiger partial charge in [0.15, 0.2) is 0 Å². The normalized spacial score (nSPS) is 35.3. The summed E-state index contributed by atoms with van der Waals surface area (Å²) in [6.45, 7) is 24.6. The lowest BCUT2D eigenvalue weighted by molar-refractivity contribution is -0.269. The highest BCUT2D eigenvalue weighted by Crippen LogP contribution is 2.43. The third kappa shape index (κ3) is 10.5. The van der Waals surface area contributed by atoms with Crippen LogP contribution in [-0.4, -0.2) is 74.6 Å². The molecule has 0 saturated carbocycles. The molecule has 0 radical (unpaired) electrons. The van der Waals surface area contributed by atoms with E-state index in [0.29, 0.717) is 31.5 Å². The Bertz CT molecular complexity index is 1320. The molecule has 0 N–H and O–H groups in total. The molecule has 0 spiro atoms. The molecule has 3 unspecified atom stereocenters. The summed E-state index contributed by atoms with van der Waals surface area (Å²) >= 11 is 0. The molecule has 292 valence electrons. The lowest BCUT2D eigenvalue weighted by Crippen LogP contribution is -2.59. The van der Waals surface area contributed by atoms with Gasteiger partial charge in [-0.05, 0) is 113 Å². The van der Waals surface area contributed by atoms with Gasteiger partial charge in [0.05, 0.1) is 80.7 Å². The van der Waals surface area contributed by atoms with Crippen molar-refractivity contribution < 1.29 is 38.0 Å². The van der Waals surface area contributed by atoms with Crippen LogP contribution in [0.2, 0.25) is 0 Å². The summed E-state index contributed by atoms with van der Waals surface area (Å²) < 4.78 is 44.8. The van der Waals surface area contributed by atoms with Crippen LogP contribution in [0.3, 0.4) is 0 Å². The van der Waals surface area contributed by atoms with E-state index in [1.807, 2.05) is 32.9 Å². The average molecular weight is 725 g/mol. The Labute approximate surface area is 314 Å². The van der Waals surface area contributed by atoms with Gasteiger partial charge in [0.2, 0.25) is 0 Å². The topological polar surface area (TPSA) is 81.7 Å². The standard InChI is InChI=1S/C44H68O8/c1-11-13-36-29(4)24-39-42(52-36)31(6)41(48-26-32-15-17-33(46-10)18-16-32)40(51-39)25-38-30(5)27(2)22-35(50-38)19-20-37-28(3)23-34(49-37)14-12-21-47-43(45)44(7,8)9/h15-18,27,29,31,34-42H,3,5,11-14,19-26H2,1-2,4,6-10H3/t27-,29-,31-,34+,35+,36-,37?,38?,39?,40+,41-,42+/m1/s1. The Morgan fingerprint density at radius 3 is 2.31 bits per heavy atom. The highest BCUT2D eigenvalue weighted by Gasteiger charge is 2.50. The van der Waals surface area contributed by atoms with E-state index in [9.17, 15) is 4.79 Å². The molecule has 0 amide bonds. The van der Waals surface area contributed by atoms with Crippen molar-refractivity contribution in [3.63, 3.8) is 0 Å². The van der Waals surface area contributed by atoms with Gasteiger partial charge in [0.1, 0.15) is 5.75 Å². The highest BCUT2D eigenvalue weighted by molar-refractivity contribution is 5.75. The average Bonchev–Trinajstić information content (AvgIpc) is 3.46. The summed E-state index contributed by atoms with van der Waals surface area (Å²) in [5.41, 5.74) is 2.92. The molecule has 0 aliphatic carbocycles. The summed E-state index contributed by atoms with van der Waals surface area (Å²) in [6, 6.07) is 8.09. The minimum atomic E-state index is -0.479. The zero-order valence-corrected chi connectivity index (χ0v) is 33.4. The summed E-state index contributed by atoms with van der Waals surface area (Å²) in [5, 5.41) is 0. The van der Waals surface area contributed by atoms with Gasteiger partial charge < -0.3 is 33.2 Å². The monoisotopic (exact) mass is 724 g/mol. The number of carbonyl (C=O) groups excluding carboxylic acids is 1. The second-order valence-electron chi connectivity index (χ2n) is 17.2.